The lowest BCUT2D eigenvalue weighted by Gasteiger charge is -2.37. The highest BCUT2D eigenvalue weighted by Gasteiger charge is 2.34. The zero-order valence-electron chi connectivity index (χ0n) is 5.93. The molecular weight excluding hydrogens is 114 g/mol. The largest absolute Gasteiger partial charge is 0.389 e. The van der Waals surface area contributed by atoms with Gasteiger partial charge in [0.2, 0.25) is 0 Å². The number of rotatable bonds is 2. The molecule has 1 saturated carbocycles. The summed E-state index contributed by atoms with van der Waals surface area (Å²) < 4.78 is 0. The van der Waals surface area contributed by atoms with E-state index in [1.54, 1.807) is 0 Å². The summed E-state index contributed by atoms with van der Waals surface area (Å²) in [6.07, 6.45) is 3.58. The SMILES string of the molecule is CC(O)(CN)C1CCC1. The Bertz CT molecular complexity index is 97.1. The minimum Gasteiger partial charge on any atom is -0.389 e. The zero-order chi connectivity index (χ0) is 6.91. The highest BCUT2D eigenvalue weighted by atomic mass is 16.3. The van der Waals surface area contributed by atoms with Gasteiger partial charge >= 0.3 is 0 Å². The standard InChI is InChI=1S/C7H15NO/c1-7(9,5-8)6-3-2-4-6/h6,9H,2-5,8H2,1H3. The number of hydrogen-bond acceptors (Lipinski definition) is 2. The van der Waals surface area contributed by atoms with Crippen LogP contribution in [0.2, 0.25) is 0 Å². The molecule has 54 valence electrons. The van der Waals surface area contributed by atoms with Gasteiger partial charge in [-0.15, -0.1) is 0 Å². The summed E-state index contributed by atoms with van der Waals surface area (Å²) in [5, 5.41) is 9.52. The molecule has 0 spiro atoms. The molecule has 0 heterocycles. The Kier molecular flexibility index (Phi) is 1.78. The second-order valence-corrected chi connectivity index (χ2v) is 3.19. The highest BCUT2D eigenvalue weighted by Crippen LogP contribution is 2.35. The molecule has 2 heteroatoms. The lowest BCUT2D eigenvalue weighted by atomic mass is 9.74. The third-order valence-corrected chi connectivity index (χ3v) is 2.40. The lowest BCUT2D eigenvalue weighted by molar-refractivity contribution is -0.0264. The van der Waals surface area contributed by atoms with Crippen molar-refractivity contribution >= 4 is 0 Å². The van der Waals surface area contributed by atoms with Gasteiger partial charge in [-0.1, -0.05) is 6.42 Å². The van der Waals surface area contributed by atoms with Crippen molar-refractivity contribution in [3.63, 3.8) is 0 Å². The van der Waals surface area contributed by atoms with E-state index in [2.05, 4.69) is 0 Å². The third kappa shape index (κ3) is 1.25. The predicted octanol–water partition coefficient (Wildman–Crippen LogP) is 0.496. The maximum absolute atomic E-state index is 9.52. The topological polar surface area (TPSA) is 46.2 Å². The molecule has 0 amide bonds. The van der Waals surface area contributed by atoms with Gasteiger partial charge in [0, 0.05) is 6.54 Å². The Hall–Kier alpha value is -0.0800. The van der Waals surface area contributed by atoms with Crippen molar-refractivity contribution < 1.29 is 5.11 Å². The zero-order valence-corrected chi connectivity index (χ0v) is 5.93. The van der Waals surface area contributed by atoms with Gasteiger partial charge in [-0.3, -0.25) is 0 Å². The van der Waals surface area contributed by atoms with Crippen LogP contribution < -0.4 is 5.73 Å². The summed E-state index contributed by atoms with van der Waals surface area (Å²) in [5.74, 6) is 0.475. The molecule has 3 N–H and O–H groups in total. The third-order valence-electron chi connectivity index (χ3n) is 2.40. The first-order chi connectivity index (χ1) is 4.17. The molecule has 9 heavy (non-hydrogen) atoms. The molecule has 2 nitrogen and oxygen atoms in total. The first-order valence-corrected chi connectivity index (χ1v) is 3.59. The van der Waals surface area contributed by atoms with Crippen molar-refractivity contribution in [2.75, 3.05) is 6.54 Å². The van der Waals surface area contributed by atoms with Crippen LogP contribution in [0.4, 0.5) is 0 Å². The summed E-state index contributed by atoms with van der Waals surface area (Å²) in [4.78, 5) is 0. The molecule has 0 aromatic carbocycles. The summed E-state index contributed by atoms with van der Waals surface area (Å²) in [6.45, 7) is 2.23. The Balaban J connectivity index is 2.37. The first-order valence-electron chi connectivity index (χ1n) is 3.59. The molecule has 1 rings (SSSR count). The predicted molar refractivity (Wildman–Crippen MR) is 37.0 cm³/mol. The minimum absolute atomic E-state index is 0.400. The van der Waals surface area contributed by atoms with Crippen molar-refractivity contribution in [1.82, 2.24) is 0 Å². The van der Waals surface area contributed by atoms with Crippen LogP contribution in [0.3, 0.4) is 0 Å². The van der Waals surface area contributed by atoms with E-state index in [-0.39, 0.29) is 0 Å². The summed E-state index contributed by atoms with van der Waals surface area (Å²) >= 11 is 0. The van der Waals surface area contributed by atoms with Gasteiger partial charge in [-0.2, -0.15) is 0 Å². The molecular formula is C7H15NO. The average Bonchev–Trinajstić information content (AvgIpc) is 1.60. The van der Waals surface area contributed by atoms with Crippen LogP contribution in [0.15, 0.2) is 0 Å². The van der Waals surface area contributed by atoms with Gasteiger partial charge in [0.05, 0.1) is 5.60 Å². The fourth-order valence-electron chi connectivity index (χ4n) is 1.20. The molecule has 0 aromatic heterocycles. The van der Waals surface area contributed by atoms with Crippen LogP contribution in [0, 0.1) is 5.92 Å². The molecule has 1 unspecified atom stereocenters. The van der Waals surface area contributed by atoms with Gasteiger partial charge in [0.1, 0.15) is 0 Å². The van der Waals surface area contributed by atoms with Crippen LogP contribution in [-0.4, -0.2) is 17.3 Å². The van der Waals surface area contributed by atoms with Crippen molar-refractivity contribution in [3.05, 3.63) is 0 Å². The fraction of sp³-hybridized carbons (Fsp3) is 1.00. The van der Waals surface area contributed by atoms with Crippen LogP contribution in [0.25, 0.3) is 0 Å². The molecule has 1 fully saturated rings. The van der Waals surface area contributed by atoms with Crippen molar-refractivity contribution in [2.45, 2.75) is 31.8 Å². The lowest BCUT2D eigenvalue weighted by Crippen LogP contribution is -2.44. The Morgan fingerprint density at radius 2 is 2.22 bits per heavy atom. The van der Waals surface area contributed by atoms with E-state index >= 15 is 0 Å². The smallest absolute Gasteiger partial charge is 0.0769 e. The average molecular weight is 129 g/mol. The monoisotopic (exact) mass is 129 g/mol. The fourth-order valence-corrected chi connectivity index (χ4v) is 1.20. The molecule has 0 aliphatic heterocycles. The number of nitrogens with two attached hydrogens (primary N) is 1. The maximum atomic E-state index is 9.52. The first kappa shape index (κ1) is 7.03. The number of aliphatic hydroxyl groups is 1. The van der Waals surface area contributed by atoms with E-state index in [0.717, 1.165) is 12.8 Å². The molecule has 1 atom stereocenters. The van der Waals surface area contributed by atoms with Crippen molar-refractivity contribution in [2.24, 2.45) is 11.7 Å². The van der Waals surface area contributed by atoms with Gasteiger partial charge in [0.25, 0.3) is 0 Å². The molecule has 0 aromatic rings. The molecule has 0 bridgehead atoms. The molecule has 0 radical (unpaired) electrons. The molecule has 0 saturated heterocycles. The van der Waals surface area contributed by atoms with E-state index in [4.69, 9.17) is 5.73 Å². The molecule has 1 aliphatic carbocycles. The van der Waals surface area contributed by atoms with Crippen molar-refractivity contribution in [1.29, 1.82) is 0 Å². The molecule has 1 aliphatic rings. The number of hydrogen-bond donors (Lipinski definition) is 2. The minimum atomic E-state index is -0.585. The van der Waals surface area contributed by atoms with Gasteiger partial charge in [0.15, 0.2) is 0 Å². The second-order valence-electron chi connectivity index (χ2n) is 3.19. The van der Waals surface area contributed by atoms with Crippen LogP contribution >= 0.6 is 0 Å². The van der Waals surface area contributed by atoms with Gasteiger partial charge in [-0.25, -0.2) is 0 Å². The van der Waals surface area contributed by atoms with E-state index in [1.807, 2.05) is 6.92 Å². The van der Waals surface area contributed by atoms with Gasteiger partial charge < -0.3 is 10.8 Å². The van der Waals surface area contributed by atoms with E-state index in [0.29, 0.717) is 12.5 Å². The highest BCUT2D eigenvalue weighted by molar-refractivity contribution is 4.87. The Labute approximate surface area is 56.1 Å². The van der Waals surface area contributed by atoms with Crippen molar-refractivity contribution in [3.8, 4) is 0 Å². The van der Waals surface area contributed by atoms with E-state index < -0.39 is 5.60 Å². The van der Waals surface area contributed by atoms with E-state index in [1.165, 1.54) is 6.42 Å². The summed E-state index contributed by atoms with van der Waals surface area (Å²) in [7, 11) is 0. The quantitative estimate of drug-likeness (QED) is 0.570. The summed E-state index contributed by atoms with van der Waals surface area (Å²) in [5.41, 5.74) is 4.78. The maximum Gasteiger partial charge on any atom is 0.0769 e. The van der Waals surface area contributed by atoms with E-state index in [9.17, 15) is 5.11 Å². The Morgan fingerprint density at radius 1 is 1.67 bits per heavy atom. The van der Waals surface area contributed by atoms with Crippen LogP contribution in [0.1, 0.15) is 26.2 Å². The summed E-state index contributed by atoms with van der Waals surface area (Å²) in [6, 6.07) is 0. The van der Waals surface area contributed by atoms with Gasteiger partial charge in [-0.05, 0) is 25.7 Å². The second kappa shape index (κ2) is 2.27. The van der Waals surface area contributed by atoms with Crippen LogP contribution in [-0.2, 0) is 0 Å². The Morgan fingerprint density at radius 3 is 2.33 bits per heavy atom. The van der Waals surface area contributed by atoms with Crippen LogP contribution in [0.5, 0.6) is 0 Å². The normalized spacial score (nSPS) is 27.0.